The van der Waals surface area contributed by atoms with Crippen LogP contribution in [0.3, 0.4) is 0 Å². The van der Waals surface area contributed by atoms with Crippen LogP contribution >= 0.6 is 0 Å². The smallest absolute Gasteiger partial charge is 0.00259 e. The lowest BCUT2D eigenvalue weighted by Gasteiger charge is -2.19. The Hall–Kier alpha value is -5.20. The van der Waals surface area contributed by atoms with Gasteiger partial charge in [-0.2, -0.15) is 0 Å². The molecule has 0 bridgehead atoms. The highest BCUT2D eigenvalue weighted by atomic mass is 14.2. The summed E-state index contributed by atoms with van der Waals surface area (Å²) in [5, 5.41) is 7.61. The van der Waals surface area contributed by atoms with Crippen LogP contribution in [0.4, 0.5) is 0 Å². The van der Waals surface area contributed by atoms with E-state index in [9.17, 15) is 0 Å². The van der Waals surface area contributed by atoms with Crippen molar-refractivity contribution in [3.63, 3.8) is 0 Å². The molecular weight excluding hydrogens is 516 g/mol. The van der Waals surface area contributed by atoms with Crippen LogP contribution in [-0.2, 0) is 0 Å². The molecule has 0 spiro atoms. The molecule has 0 nitrogen and oxygen atoms in total. The van der Waals surface area contributed by atoms with Gasteiger partial charge in [0.05, 0.1) is 0 Å². The first kappa shape index (κ1) is 26.7. The van der Waals surface area contributed by atoms with E-state index in [1.54, 1.807) is 0 Å². The predicted octanol–water partition coefficient (Wildman–Crippen LogP) is 12.5. The van der Waals surface area contributed by atoms with Gasteiger partial charge in [-0.05, 0) is 114 Å². The highest BCUT2D eigenvalue weighted by Gasteiger charge is 2.18. The van der Waals surface area contributed by atoms with Crippen molar-refractivity contribution in [2.75, 3.05) is 0 Å². The third kappa shape index (κ3) is 4.96. The Balaban J connectivity index is 1.56. The molecule has 7 aromatic carbocycles. The second kappa shape index (κ2) is 11.6. The minimum Gasteiger partial charge on any atom is -0.0842 e. The Bertz CT molecular complexity index is 2100. The number of allylic oxidation sites excluding steroid dienone is 4. The molecule has 0 unspecified atom stereocenters. The summed E-state index contributed by atoms with van der Waals surface area (Å²) < 4.78 is 0. The molecule has 0 atom stereocenters. The minimum atomic E-state index is 1.01. The van der Waals surface area contributed by atoms with Gasteiger partial charge in [0.2, 0.25) is 0 Å². The average molecular weight is 551 g/mol. The molecule has 0 fully saturated rings. The Morgan fingerprint density at radius 2 is 1.05 bits per heavy atom. The van der Waals surface area contributed by atoms with Gasteiger partial charge in [0.25, 0.3) is 0 Å². The van der Waals surface area contributed by atoms with Crippen molar-refractivity contribution in [2.45, 2.75) is 20.3 Å². The molecule has 7 aromatic rings. The normalized spacial score (nSPS) is 12.1. The van der Waals surface area contributed by atoms with E-state index >= 15 is 0 Å². The SMILES string of the molecule is C/C=C(\C=C/CC)c1cc(-c2ccccc2)cc(-c2c3ccccc3c(-c3ccc4ccccc4c3)c3ccccc23)c1. The van der Waals surface area contributed by atoms with Crippen LogP contribution in [0.15, 0.2) is 158 Å². The van der Waals surface area contributed by atoms with E-state index in [4.69, 9.17) is 0 Å². The van der Waals surface area contributed by atoms with Crippen LogP contribution in [-0.4, -0.2) is 0 Å². The molecule has 0 radical (unpaired) electrons. The van der Waals surface area contributed by atoms with Crippen molar-refractivity contribution in [1.29, 1.82) is 0 Å². The zero-order valence-electron chi connectivity index (χ0n) is 24.7. The van der Waals surface area contributed by atoms with Gasteiger partial charge >= 0.3 is 0 Å². The number of fused-ring (bicyclic) bond motifs is 3. The summed E-state index contributed by atoms with van der Waals surface area (Å²) in [5.74, 6) is 0. The summed E-state index contributed by atoms with van der Waals surface area (Å²) in [5.41, 5.74) is 9.98. The first-order valence-corrected chi connectivity index (χ1v) is 15.2. The van der Waals surface area contributed by atoms with E-state index in [0.717, 1.165) is 6.42 Å². The molecule has 0 aromatic heterocycles. The standard InChI is InChI=1S/C43H34/c1-3-5-15-30(4-2)35-27-36(31-16-7-6-8-17-31)29-37(28-35)43-40-22-13-11-20-38(40)42(39-21-12-14-23-41(39)43)34-25-24-32-18-9-10-19-33(32)26-34/h4-29H,3H2,1-2H3/b15-5-,30-4+. The first-order chi connectivity index (χ1) is 21.2. The fourth-order valence-corrected chi connectivity index (χ4v) is 6.44. The lowest BCUT2D eigenvalue weighted by molar-refractivity contribution is 1.22. The van der Waals surface area contributed by atoms with Crippen LogP contribution < -0.4 is 0 Å². The number of hydrogen-bond acceptors (Lipinski definition) is 0. The van der Waals surface area contributed by atoms with Gasteiger partial charge in [-0.15, -0.1) is 0 Å². The highest BCUT2D eigenvalue weighted by Crippen LogP contribution is 2.45. The average Bonchev–Trinajstić information content (AvgIpc) is 3.07. The molecule has 0 heterocycles. The summed E-state index contributed by atoms with van der Waals surface area (Å²) >= 11 is 0. The van der Waals surface area contributed by atoms with Gasteiger partial charge in [-0.1, -0.05) is 140 Å². The Labute approximate surface area is 254 Å². The van der Waals surface area contributed by atoms with Crippen molar-refractivity contribution in [1.82, 2.24) is 0 Å². The van der Waals surface area contributed by atoms with E-state index in [0.29, 0.717) is 0 Å². The van der Waals surface area contributed by atoms with Gasteiger partial charge in [0, 0.05) is 0 Å². The molecule has 0 heteroatoms. The van der Waals surface area contributed by atoms with Gasteiger partial charge in [0.1, 0.15) is 0 Å². The van der Waals surface area contributed by atoms with Crippen LogP contribution in [0.1, 0.15) is 25.8 Å². The fraction of sp³-hybridized carbons (Fsp3) is 0.0698. The van der Waals surface area contributed by atoms with Gasteiger partial charge in [-0.3, -0.25) is 0 Å². The maximum Gasteiger partial charge on any atom is -0.00259 e. The lowest BCUT2D eigenvalue weighted by atomic mass is 9.84. The van der Waals surface area contributed by atoms with Crippen LogP contribution in [0, 0.1) is 0 Å². The monoisotopic (exact) mass is 550 g/mol. The largest absolute Gasteiger partial charge is 0.0842 e. The molecule has 206 valence electrons. The molecule has 7 rings (SSSR count). The Morgan fingerprint density at radius 1 is 0.488 bits per heavy atom. The summed E-state index contributed by atoms with van der Waals surface area (Å²) in [7, 11) is 0. The molecular formula is C43H34. The Morgan fingerprint density at radius 3 is 1.67 bits per heavy atom. The predicted molar refractivity (Wildman–Crippen MR) is 188 cm³/mol. The molecule has 43 heavy (non-hydrogen) atoms. The van der Waals surface area contributed by atoms with Crippen molar-refractivity contribution in [2.24, 2.45) is 0 Å². The summed E-state index contributed by atoms with van der Waals surface area (Å²) in [6.07, 6.45) is 7.73. The number of rotatable bonds is 6. The van der Waals surface area contributed by atoms with E-state index in [1.807, 2.05) is 0 Å². The van der Waals surface area contributed by atoms with Crippen molar-refractivity contribution in [3.8, 4) is 33.4 Å². The lowest BCUT2D eigenvalue weighted by Crippen LogP contribution is -1.93. The third-order valence-electron chi connectivity index (χ3n) is 8.48. The van der Waals surface area contributed by atoms with E-state index in [2.05, 4.69) is 172 Å². The van der Waals surface area contributed by atoms with Crippen LogP contribution in [0.2, 0.25) is 0 Å². The number of hydrogen-bond donors (Lipinski definition) is 0. The molecule has 0 aliphatic rings. The van der Waals surface area contributed by atoms with Crippen LogP contribution in [0.25, 0.3) is 71.3 Å². The summed E-state index contributed by atoms with van der Waals surface area (Å²) in [4.78, 5) is 0. The maximum absolute atomic E-state index is 2.38. The molecule has 0 aliphatic heterocycles. The van der Waals surface area contributed by atoms with E-state index in [-0.39, 0.29) is 0 Å². The fourth-order valence-electron chi connectivity index (χ4n) is 6.44. The van der Waals surface area contributed by atoms with Gasteiger partial charge < -0.3 is 0 Å². The maximum atomic E-state index is 2.38. The highest BCUT2D eigenvalue weighted by molar-refractivity contribution is 6.22. The van der Waals surface area contributed by atoms with Gasteiger partial charge in [0.15, 0.2) is 0 Å². The minimum absolute atomic E-state index is 1.01. The zero-order valence-corrected chi connectivity index (χ0v) is 24.7. The second-order valence-electron chi connectivity index (χ2n) is 11.1. The molecule has 0 aliphatic carbocycles. The zero-order chi connectivity index (χ0) is 29.2. The van der Waals surface area contributed by atoms with Crippen molar-refractivity contribution >= 4 is 37.9 Å². The summed E-state index contributed by atoms with van der Waals surface area (Å²) in [6, 6.07) is 51.2. The summed E-state index contributed by atoms with van der Waals surface area (Å²) in [6.45, 7) is 4.32. The molecule has 0 amide bonds. The topological polar surface area (TPSA) is 0 Å². The molecule has 0 saturated carbocycles. The van der Waals surface area contributed by atoms with Gasteiger partial charge in [-0.25, -0.2) is 0 Å². The second-order valence-corrected chi connectivity index (χ2v) is 11.1. The third-order valence-corrected chi connectivity index (χ3v) is 8.48. The first-order valence-electron chi connectivity index (χ1n) is 15.2. The number of benzene rings is 7. The van der Waals surface area contributed by atoms with Crippen molar-refractivity contribution < 1.29 is 0 Å². The molecule has 0 saturated heterocycles. The van der Waals surface area contributed by atoms with Crippen LogP contribution in [0.5, 0.6) is 0 Å². The van der Waals surface area contributed by atoms with E-state index in [1.165, 1.54) is 76.8 Å². The molecule has 0 N–H and O–H groups in total. The van der Waals surface area contributed by atoms with Crippen molar-refractivity contribution in [3.05, 3.63) is 163 Å². The quantitative estimate of drug-likeness (QED) is 0.143. The Kier molecular flexibility index (Phi) is 7.19. The van der Waals surface area contributed by atoms with E-state index < -0.39 is 0 Å².